The SMILES string of the molecule is CO/N=C1\CC[C@@]2(O)[C@@H]3CCc4cc(O[Si](C)(C)C)ccc4[C@H]3CC[C@]12C. The first-order chi connectivity index (χ1) is 12.7. The fourth-order valence-electron chi connectivity index (χ4n) is 6.00. The van der Waals surface area contributed by atoms with Crippen molar-refractivity contribution < 1.29 is 14.4 Å². The molecule has 0 unspecified atom stereocenters. The normalized spacial score (nSPS) is 36.7. The van der Waals surface area contributed by atoms with Crippen LogP contribution in [0.2, 0.25) is 19.6 Å². The Hall–Kier alpha value is -1.33. The van der Waals surface area contributed by atoms with E-state index < -0.39 is 13.9 Å². The maximum Gasteiger partial charge on any atom is 0.242 e. The average molecular weight is 388 g/mol. The lowest BCUT2D eigenvalue weighted by atomic mass is 9.53. The molecule has 0 aromatic heterocycles. The average Bonchev–Trinajstić information content (AvgIpc) is 2.85. The van der Waals surface area contributed by atoms with Crippen molar-refractivity contribution in [1.29, 1.82) is 0 Å². The number of hydrogen-bond donors (Lipinski definition) is 1. The molecule has 4 atom stereocenters. The highest BCUT2D eigenvalue weighted by molar-refractivity contribution is 6.70. The van der Waals surface area contributed by atoms with Crippen LogP contribution in [0.1, 0.15) is 56.1 Å². The second-order valence-corrected chi connectivity index (χ2v) is 14.3. The molecule has 0 bridgehead atoms. The number of hydrogen-bond acceptors (Lipinski definition) is 4. The highest BCUT2D eigenvalue weighted by atomic mass is 28.4. The number of nitrogens with zero attached hydrogens (tertiary/aromatic N) is 1. The van der Waals surface area contributed by atoms with Crippen LogP contribution in [0.15, 0.2) is 23.4 Å². The quantitative estimate of drug-likeness (QED) is 0.594. The van der Waals surface area contributed by atoms with E-state index in [9.17, 15) is 5.11 Å². The first-order valence-electron chi connectivity index (χ1n) is 10.3. The Labute approximate surface area is 164 Å². The Bertz CT molecular complexity index is 771. The molecule has 148 valence electrons. The molecule has 1 aromatic rings. The zero-order chi connectivity index (χ0) is 19.4. The Kier molecular flexibility index (Phi) is 4.47. The molecule has 4 rings (SSSR count). The van der Waals surface area contributed by atoms with Gasteiger partial charge in [0.2, 0.25) is 8.32 Å². The molecule has 0 aliphatic heterocycles. The Morgan fingerprint density at radius 1 is 1.15 bits per heavy atom. The highest BCUT2D eigenvalue weighted by Crippen LogP contribution is 2.62. The smallest absolute Gasteiger partial charge is 0.242 e. The predicted molar refractivity (Wildman–Crippen MR) is 111 cm³/mol. The summed E-state index contributed by atoms with van der Waals surface area (Å²) in [6.07, 6.45) is 5.79. The lowest BCUT2D eigenvalue weighted by Crippen LogP contribution is -2.56. The molecule has 0 radical (unpaired) electrons. The zero-order valence-corrected chi connectivity index (χ0v) is 18.3. The molecule has 0 saturated heterocycles. The summed E-state index contributed by atoms with van der Waals surface area (Å²) in [5.41, 5.74) is 2.99. The fourth-order valence-corrected chi connectivity index (χ4v) is 6.84. The van der Waals surface area contributed by atoms with Gasteiger partial charge in [0, 0.05) is 5.41 Å². The number of aryl methyl sites for hydroxylation is 1. The largest absolute Gasteiger partial charge is 0.544 e. The number of rotatable bonds is 3. The minimum atomic E-state index is -1.60. The molecular weight excluding hydrogens is 354 g/mol. The summed E-state index contributed by atoms with van der Waals surface area (Å²) in [4.78, 5) is 5.10. The van der Waals surface area contributed by atoms with Crippen molar-refractivity contribution in [2.24, 2.45) is 16.5 Å². The van der Waals surface area contributed by atoms with Gasteiger partial charge in [-0.3, -0.25) is 0 Å². The van der Waals surface area contributed by atoms with E-state index in [1.807, 2.05) is 0 Å². The van der Waals surface area contributed by atoms with Gasteiger partial charge < -0.3 is 14.4 Å². The van der Waals surface area contributed by atoms with Crippen molar-refractivity contribution in [2.45, 2.75) is 76.6 Å². The van der Waals surface area contributed by atoms with Crippen LogP contribution in [0.4, 0.5) is 0 Å². The second kappa shape index (κ2) is 6.34. The first kappa shape index (κ1) is 19.0. The highest BCUT2D eigenvalue weighted by Gasteiger charge is 2.63. The van der Waals surface area contributed by atoms with Crippen molar-refractivity contribution in [3.63, 3.8) is 0 Å². The minimum Gasteiger partial charge on any atom is -0.544 e. The Morgan fingerprint density at radius 3 is 2.63 bits per heavy atom. The van der Waals surface area contributed by atoms with Gasteiger partial charge in [-0.2, -0.15) is 0 Å². The summed E-state index contributed by atoms with van der Waals surface area (Å²) in [5.74, 6) is 1.76. The molecule has 27 heavy (non-hydrogen) atoms. The number of oxime groups is 1. The topological polar surface area (TPSA) is 51.0 Å². The summed E-state index contributed by atoms with van der Waals surface area (Å²) in [6.45, 7) is 8.87. The molecule has 0 amide bonds. The van der Waals surface area contributed by atoms with Crippen LogP contribution in [-0.4, -0.2) is 31.8 Å². The molecule has 2 fully saturated rings. The van der Waals surface area contributed by atoms with E-state index in [1.54, 1.807) is 7.11 Å². The third kappa shape index (κ3) is 2.94. The van der Waals surface area contributed by atoms with Crippen molar-refractivity contribution in [2.75, 3.05) is 7.11 Å². The molecule has 4 nitrogen and oxygen atoms in total. The number of fused-ring (bicyclic) bond motifs is 5. The van der Waals surface area contributed by atoms with Gasteiger partial charge in [-0.1, -0.05) is 18.1 Å². The van der Waals surface area contributed by atoms with Crippen LogP contribution in [0.3, 0.4) is 0 Å². The third-order valence-corrected chi connectivity index (χ3v) is 8.10. The summed E-state index contributed by atoms with van der Waals surface area (Å²) in [5, 5.41) is 16.1. The Morgan fingerprint density at radius 2 is 1.93 bits per heavy atom. The van der Waals surface area contributed by atoms with Gasteiger partial charge in [0.15, 0.2) is 0 Å². The molecule has 5 heteroatoms. The number of benzene rings is 1. The van der Waals surface area contributed by atoms with Crippen molar-refractivity contribution in [3.8, 4) is 5.75 Å². The third-order valence-electron chi connectivity index (χ3n) is 7.25. The van der Waals surface area contributed by atoms with Gasteiger partial charge >= 0.3 is 0 Å². The summed E-state index contributed by atoms with van der Waals surface area (Å²) < 4.78 is 6.21. The van der Waals surface area contributed by atoms with Crippen molar-refractivity contribution >= 4 is 14.0 Å². The van der Waals surface area contributed by atoms with E-state index in [0.29, 0.717) is 11.8 Å². The summed E-state index contributed by atoms with van der Waals surface area (Å²) >= 11 is 0. The standard InChI is InChI=1S/C22H33NO3Si/c1-21-12-10-18-17-8-7-16(26-27(3,4)5)14-15(17)6-9-19(18)22(21,24)13-11-20(21)23-25-2/h7-8,14,18-19,24H,6,9-13H2,1-5H3/b23-20+/t18-,19-,21-,22-/m1/s1. The molecular formula is C22H33NO3Si. The van der Waals surface area contributed by atoms with Gasteiger partial charge in [0.1, 0.15) is 12.9 Å². The van der Waals surface area contributed by atoms with E-state index in [1.165, 1.54) is 11.1 Å². The summed E-state index contributed by atoms with van der Waals surface area (Å²) in [6, 6.07) is 6.67. The van der Waals surface area contributed by atoms with Crippen LogP contribution < -0.4 is 4.43 Å². The van der Waals surface area contributed by atoms with Crippen molar-refractivity contribution in [1.82, 2.24) is 0 Å². The van der Waals surface area contributed by atoms with Gasteiger partial charge in [0.05, 0.1) is 11.3 Å². The van der Waals surface area contributed by atoms with Crippen LogP contribution in [0, 0.1) is 11.3 Å². The maximum atomic E-state index is 11.8. The van der Waals surface area contributed by atoms with E-state index in [0.717, 1.165) is 50.0 Å². The zero-order valence-electron chi connectivity index (χ0n) is 17.3. The maximum absolute atomic E-state index is 11.8. The van der Waals surface area contributed by atoms with E-state index in [4.69, 9.17) is 9.26 Å². The van der Waals surface area contributed by atoms with E-state index in [2.05, 4.69) is 49.9 Å². The fraction of sp³-hybridized carbons (Fsp3) is 0.682. The summed E-state index contributed by atoms with van der Waals surface area (Å²) in [7, 11) is 0.00936. The monoisotopic (exact) mass is 387 g/mol. The van der Waals surface area contributed by atoms with Crippen LogP contribution in [0.5, 0.6) is 5.75 Å². The van der Waals surface area contributed by atoms with Gasteiger partial charge in [-0.15, -0.1) is 0 Å². The predicted octanol–water partition coefficient (Wildman–Crippen LogP) is 4.87. The molecule has 1 aromatic carbocycles. The van der Waals surface area contributed by atoms with Gasteiger partial charge in [-0.05, 0) is 93.3 Å². The van der Waals surface area contributed by atoms with Crippen molar-refractivity contribution in [3.05, 3.63) is 29.3 Å². The molecule has 1 N–H and O–H groups in total. The van der Waals surface area contributed by atoms with E-state index >= 15 is 0 Å². The molecule has 3 aliphatic rings. The van der Waals surface area contributed by atoms with Gasteiger partial charge in [-0.25, -0.2) is 0 Å². The second-order valence-electron chi connectivity index (χ2n) is 9.84. The molecule has 0 spiro atoms. The minimum absolute atomic E-state index is 0.247. The van der Waals surface area contributed by atoms with E-state index in [-0.39, 0.29) is 5.41 Å². The van der Waals surface area contributed by atoms with Crippen LogP contribution in [0.25, 0.3) is 0 Å². The Balaban J connectivity index is 1.66. The number of aliphatic hydroxyl groups is 1. The molecule has 2 saturated carbocycles. The lowest BCUT2D eigenvalue weighted by molar-refractivity contribution is -0.119. The molecule has 3 aliphatic carbocycles. The van der Waals surface area contributed by atoms with Gasteiger partial charge in [0.25, 0.3) is 0 Å². The lowest BCUT2D eigenvalue weighted by Gasteiger charge is -2.54. The first-order valence-corrected chi connectivity index (χ1v) is 13.7. The van der Waals surface area contributed by atoms with Crippen LogP contribution >= 0.6 is 0 Å². The molecule has 0 heterocycles. The van der Waals surface area contributed by atoms with Crippen LogP contribution in [-0.2, 0) is 11.3 Å².